The van der Waals surface area contributed by atoms with E-state index >= 15 is 0 Å². The predicted molar refractivity (Wildman–Crippen MR) is 114 cm³/mol. The van der Waals surface area contributed by atoms with E-state index in [-0.39, 0.29) is 24.1 Å². The summed E-state index contributed by atoms with van der Waals surface area (Å²) in [5.74, 6) is 0.191. The van der Waals surface area contributed by atoms with Gasteiger partial charge in [-0.2, -0.15) is 0 Å². The third-order valence-electron chi connectivity index (χ3n) is 4.28. The highest BCUT2D eigenvalue weighted by Gasteiger charge is 2.17. The Morgan fingerprint density at radius 3 is 2.50 bits per heavy atom. The van der Waals surface area contributed by atoms with Crippen LogP contribution in [0.3, 0.4) is 0 Å². The van der Waals surface area contributed by atoms with E-state index in [1.807, 2.05) is 19.9 Å². The Morgan fingerprint density at radius 1 is 1.14 bits per heavy atom. The maximum atomic E-state index is 12.8. The van der Waals surface area contributed by atoms with Gasteiger partial charge in [0.1, 0.15) is 5.82 Å². The van der Waals surface area contributed by atoms with Crippen molar-refractivity contribution in [1.29, 1.82) is 0 Å². The molecule has 1 amide bonds. The van der Waals surface area contributed by atoms with Crippen LogP contribution in [0.2, 0.25) is 10.0 Å². The average molecular weight is 416 g/mol. The van der Waals surface area contributed by atoms with Crippen LogP contribution in [-0.2, 0) is 11.3 Å². The number of hydrogen-bond acceptors (Lipinski definition) is 3. The molecule has 1 aromatic heterocycles. The van der Waals surface area contributed by atoms with Gasteiger partial charge in [-0.1, -0.05) is 41.4 Å². The van der Waals surface area contributed by atoms with Crippen LogP contribution in [0.4, 0.5) is 0 Å². The van der Waals surface area contributed by atoms with Gasteiger partial charge < -0.3 is 9.88 Å². The van der Waals surface area contributed by atoms with Crippen molar-refractivity contribution >= 4 is 46.1 Å². The topological polar surface area (TPSA) is 66.1 Å². The Hall–Kier alpha value is -2.63. The van der Waals surface area contributed by atoms with Crippen LogP contribution in [0.25, 0.3) is 17.0 Å². The van der Waals surface area contributed by atoms with E-state index in [0.717, 1.165) is 0 Å². The lowest BCUT2D eigenvalue weighted by Crippen LogP contribution is -2.36. The van der Waals surface area contributed by atoms with E-state index in [9.17, 15) is 9.59 Å². The molecule has 1 N–H and O–H groups in total. The fourth-order valence-electron chi connectivity index (χ4n) is 2.81. The van der Waals surface area contributed by atoms with Gasteiger partial charge in [0.15, 0.2) is 0 Å². The van der Waals surface area contributed by atoms with Crippen LogP contribution in [0, 0.1) is 0 Å². The van der Waals surface area contributed by atoms with Crippen molar-refractivity contribution in [1.82, 2.24) is 14.9 Å². The van der Waals surface area contributed by atoms with Gasteiger partial charge in [-0.3, -0.25) is 9.59 Å². The highest BCUT2D eigenvalue weighted by Crippen LogP contribution is 2.25. The van der Waals surface area contributed by atoms with E-state index in [2.05, 4.69) is 9.97 Å². The highest BCUT2D eigenvalue weighted by molar-refractivity contribution is 6.37. The zero-order valence-corrected chi connectivity index (χ0v) is 17.0. The molecule has 5 nitrogen and oxygen atoms in total. The van der Waals surface area contributed by atoms with Crippen molar-refractivity contribution < 1.29 is 4.79 Å². The van der Waals surface area contributed by atoms with E-state index < -0.39 is 0 Å². The van der Waals surface area contributed by atoms with Crippen molar-refractivity contribution in [2.75, 3.05) is 0 Å². The van der Waals surface area contributed by atoms with E-state index in [0.29, 0.717) is 32.3 Å². The number of nitrogens with one attached hydrogen (secondary N) is 1. The minimum absolute atomic E-state index is 0.101. The lowest BCUT2D eigenvalue weighted by Gasteiger charge is -2.25. The Bertz CT molecular complexity index is 1090. The maximum Gasteiger partial charge on any atom is 0.258 e. The molecule has 2 aromatic carbocycles. The molecule has 0 saturated heterocycles. The quantitative estimate of drug-likeness (QED) is 0.615. The first kappa shape index (κ1) is 20.1. The van der Waals surface area contributed by atoms with Gasteiger partial charge in [-0.05, 0) is 44.2 Å². The molecule has 1 heterocycles. The molecule has 3 aromatic rings. The number of carbonyl (C=O) groups is 1. The fraction of sp³-hybridized carbons (Fsp3) is 0.190. The maximum absolute atomic E-state index is 12.8. The summed E-state index contributed by atoms with van der Waals surface area (Å²) >= 11 is 12.3. The Labute approximate surface area is 172 Å². The number of nitrogens with zero attached hydrogens (tertiary/aromatic N) is 2. The first-order valence-corrected chi connectivity index (χ1v) is 9.53. The predicted octanol–water partition coefficient (Wildman–Crippen LogP) is 4.68. The summed E-state index contributed by atoms with van der Waals surface area (Å²) in [5, 5.41) is 1.45. The van der Waals surface area contributed by atoms with Gasteiger partial charge in [0.25, 0.3) is 5.56 Å². The summed E-state index contributed by atoms with van der Waals surface area (Å²) in [6.07, 6.45) is 3.02. The first-order chi connectivity index (χ1) is 13.4. The molecular formula is C21H19Cl2N3O2. The summed E-state index contributed by atoms with van der Waals surface area (Å²) < 4.78 is 0. The van der Waals surface area contributed by atoms with Crippen LogP contribution in [0.1, 0.15) is 25.2 Å². The molecule has 7 heteroatoms. The van der Waals surface area contributed by atoms with Crippen LogP contribution in [-0.4, -0.2) is 26.8 Å². The molecule has 0 atom stereocenters. The lowest BCUT2D eigenvalue weighted by molar-refractivity contribution is -0.128. The van der Waals surface area contributed by atoms with Crippen molar-refractivity contribution in [3.8, 4) is 0 Å². The summed E-state index contributed by atoms with van der Waals surface area (Å²) in [4.78, 5) is 33.9. The van der Waals surface area contributed by atoms with E-state index in [1.165, 1.54) is 6.08 Å². The molecule has 3 rings (SSSR count). The van der Waals surface area contributed by atoms with Gasteiger partial charge in [-0.15, -0.1) is 0 Å². The van der Waals surface area contributed by atoms with E-state index in [1.54, 1.807) is 47.4 Å². The Kier molecular flexibility index (Phi) is 6.17. The third-order valence-corrected chi connectivity index (χ3v) is 4.94. The molecule has 0 fully saturated rings. The SMILES string of the molecule is CC(C)N(Cc1nc2ccccc2c(=O)[nH]1)C(=O)/C=C/c1c(Cl)cccc1Cl. The average Bonchev–Trinajstić information content (AvgIpc) is 2.65. The number of halogens is 2. The minimum Gasteiger partial charge on any atom is -0.329 e. The lowest BCUT2D eigenvalue weighted by atomic mass is 10.2. The zero-order valence-electron chi connectivity index (χ0n) is 15.4. The van der Waals surface area contributed by atoms with Crippen LogP contribution in [0.15, 0.2) is 53.3 Å². The van der Waals surface area contributed by atoms with Gasteiger partial charge >= 0.3 is 0 Å². The summed E-state index contributed by atoms with van der Waals surface area (Å²) in [6.45, 7) is 3.97. The molecule has 0 radical (unpaired) electrons. The van der Waals surface area contributed by atoms with Gasteiger partial charge in [0, 0.05) is 27.7 Å². The molecule has 0 spiro atoms. The number of amides is 1. The van der Waals surface area contributed by atoms with Crippen LogP contribution >= 0.6 is 23.2 Å². The summed E-state index contributed by atoms with van der Waals surface area (Å²) in [5.41, 5.74) is 0.950. The second-order valence-electron chi connectivity index (χ2n) is 6.56. The summed E-state index contributed by atoms with van der Waals surface area (Å²) in [7, 11) is 0. The van der Waals surface area contributed by atoms with Crippen LogP contribution < -0.4 is 5.56 Å². The van der Waals surface area contributed by atoms with E-state index in [4.69, 9.17) is 23.2 Å². The first-order valence-electron chi connectivity index (χ1n) is 8.77. The number of aromatic nitrogens is 2. The molecule has 28 heavy (non-hydrogen) atoms. The summed E-state index contributed by atoms with van der Waals surface area (Å²) in [6, 6.07) is 12.2. The fourth-order valence-corrected chi connectivity index (χ4v) is 3.33. The van der Waals surface area contributed by atoms with Crippen molar-refractivity contribution in [2.24, 2.45) is 0 Å². The van der Waals surface area contributed by atoms with Crippen molar-refractivity contribution in [3.63, 3.8) is 0 Å². The van der Waals surface area contributed by atoms with Crippen LogP contribution in [0.5, 0.6) is 0 Å². The number of benzene rings is 2. The number of para-hydroxylation sites is 1. The highest BCUT2D eigenvalue weighted by atomic mass is 35.5. The molecule has 0 bridgehead atoms. The smallest absolute Gasteiger partial charge is 0.258 e. The molecular weight excluding hydrogens is 397 g/mol. The molecule has 0 aliphatic heterocycles. The normalized spacial score (nSPS) is 11.5. The van der Waals surface area contributed by atoms with Gasteiger partial charge in [0.05, 0.1) is 17.4 Å². The molecule has 0 unspecified atom stereocenters. The molecule has 144 valence electrons. The molecule has 0 aliphatic rings. The molecule has 0 saturated carbocycles. The Morgan fingerprint density at radius 2 is 1.82 bits per heavy atom. The Balaban J connectivity index is 1.87. The largest absolute Gasteiger partial charge is 0.329 e. The minimum atomic E-state index is -0.234. The second-order valence-corrected chi connectivity index (χ2v) is 7.37. The number of hydrogen-bond donors (Lipinski definition) is 1. The van der Waals surface area contributed by atoms with Gasteiger partial charge in [-0.25, -0.2) is 4.98 Å². The number of H-pyrrole nitrogens is 1. The van der Waals surface area contributed by atoms with Crippen molar-refractivity contribution in [3.05, 3.63) is 80.3 Å². The number of aromatic amines is 1. The monoisotopic (exact) mass is 415 g/mol. The van der Waals surface area contributed by atoms with Crippen molar-refractivity contribution in [2.45, 2.75) is 26.4 Å². The number of rotatable bonds is 5. The second kappa shape index (κ2) is 8.59. The zero-order chi connectivity index (χ0) is 20.3. The third kappa shape index (κ3) is 4.43. The number of fused-ring (bicyclic) bond motifs is 1. The van der Waals surface area contributed by atoms with Gasteiger partial charge in [0.2, 0.25) is 5.91 Å². The standard InChI is InChI=1S/C21H19Cl2N3O2/c1-13(2)26(20(27)11-10-14-16(22)7-5-8-17(14)23)12-19-24-18-9-4-3-6-15(18)21(28)25-19/h3-11,13H,12H2,1-2H3,(H,24,25,28)/b11-10+. The number of carbonyl (C=O) groups excluding carboxylic acids is 1. The molecule has 0 aliphatic carbocycles.